The summed E-state index contributed by atoms with van der Waals surface area (Å²) in [4.78, 5) is 3.83. The molecule has 0 fully saturated rings. The number of rotatable bonds is 5. The van der Waals surface area contributed by atoms with Gasteiger partial charge in [-0.3, -0.25) is 4.31 Å². The number of halogens is 1. The van der Waals surface area contributed by atoms with Crippen molar-refractivity contribution in [3.8, 4) is 0 Å². The number of hydrogen-bond donors (Lipinski definition) is 2. The summed E-state index contributed by atoms with van der Waals surface area (Å²) in [6.07, 6.45) is 1.17. The predicted molar refractivity (Wildman–Crippen MR) is 78.7 cm³/mol. The molecule has 21 heavy (non-hydrogen) atoms. The maximum Gasteiger partial charge on any atom is 0.265 e. The van der Waals surface area contributed by atoms with E-state index in [0.29, 0.717) is 5.82 Å². The smallest absolute Gasteiger partial charge is 0.265 e. The number of pyridine rings is 1. The number of nitrogen functional groups attached to an aromatic ring is 1. The number of aromatic nitrogens is 1. The fourth-order valence-corrected chi connectivity index (χ4v) is 3.30. The SMILES string of the molecule is CCN(c1ccccc1F)S(=O)(=O)c1ccc(NN)nc1. The highest BCUT2D eigenvalue weighted by molar-refractivity contribution is 7.92. The van der Waals surface area contributed by atoms with Crippen molar-refractivity contribution in [3.63, 3.8) is 0 Å². The van der Waals surface area contributed by atoms with E-state index < -0.39 is 15.8 Å². The van der Waals surface area contributed by atoms with E-state index in [-0.39, 0.29) is 17.1 Å². The Hall–Kier alpha value is -2.19. The average Bonchev–Trinajstić information content (AvgIpc) is 2.50. The highest BCUT2D eigenvalue weighted by Crippen LogP contribution is 2.25. The van der Waals surface area contributed by atoms with Gasteiger partial charge in [0.2, 0.25) is 0 Å². The second-order valence-corrected chi connectivity index (χ2v) is 6.01. The summed E-state index contributed by atoms with van der Waals surface area (Å²) < 4.78 is 40.0. The maximum atomic E-state index is 13.8. The first-order valence-corrected chi connectivity index (χ1v) is 7.64. The molecular formula is C13H15FN4O2S. The van der Waals surface area contributed by atoms with Crippen LogP contribution in [0.25, 0.3) is 0 Å². The fraction of sp³-hybridized carbons (Fsp3) is 0.154. The van der Waals surface area contributed by atoms with Gasteiger partial charge in [0.15, 0.2) is 0 Å². The van der Waals surface area contributed by atoms with Crippen LogP contribution in [0, 0.1) is 5.82 Å². The molecule has 0 saturated carbocycles. The third-order valence-electron chi connectivity index (χ3n) is 2.88. The minimum absolute atomic E-state index is 0.000950. The predicted octanol–water partition coefficient (Wildman–Crippen LogP) is 1.72. The minimum atomic E-state index is -3.89. The summed E-state index contributed by atoms with van der Waals surface area (Å²) in [6.45, 7) is 1.73. The van der Waals surface area contributed by atoms with E-state index in [4.69, 9.17) is 5.84 Å². The molecule has 1 aromatic carbocycles. The summed E-state index contributed by atoms with van der Waals surface area (Å²) in [7, 11) is -3.89. The number of hydrogen-bond acceptors (Lipinski definition) is 5. The number of hydrazine groups is 1. The largest absolute Gasteiger partial charge is 0.308 e. The van der Waals surface area contributed by atoms with E-state index in [9.17, 15) is 12.8 Å². The molecule has 8 heteroatoms. The minimum Gasteiger partial charge on any atom is -0.308 e. The van der Waals surface area contributed by atoms with E-state index >= 15 is 0 Å². The van der Waals surface area contributed by atoms with Crippen LogP contribution in [0.5, 0.6) is 0 Å². The molecule has 0 atom stereocenters. The Morgan fingerprint density at radius 2 is 2.00 bits per heavy atom. The Bertz CT molecular complexity index is 719. The molecule has 1 heterocycles. The van der Waals surface area contributed by atoms with Gasteiger partial charge in [-0.05, 0) is 31.2 Å². The van der Waals surface area contributed by atoms with Crippen molar-refractivity contribution < 1.29 is 12.8 Å². The van der Waals surface area contributed by atoms with Crippen LogP contribution in [-0.4, -0.2) is 19.9 Å². The molecule has 2 rings (SSSR count). The summed E-state index contributed by atoms with van der Waals surface area (Å²) in [5, 5.41) is 0. The topological polar surface area (TPSA) is 88.3 Å². The molecule has 0 bridgehead atoms. The van der Waals surface area contributed by atoms with E-state index in [1.807, 2.05) is 0 Å². The zero-order valence-electron chi connectivity index (χ0n) is 11.3. The summed E-state index contributed by atoms with van der Waals surface area (Å²) in [6, 6.07) is 8.51. The number of benzene rings is 1. The van der Waals surface area contributed by atoms with Gasteiger partial charge in [-0.1, -0.05) is 12.1 Å². The highest BCUT2D eigenvalue weighted by Gasteiger charge is 2.25. The summed E-state index contributed by atoms with van der Waals surface area (Å²) >= 11 is 0. The van der Waals surface area contributed by atoms with Gasteiger partial charge in [-0.15, -0.1) is 0 Å². The Morgan fingerprint density at radius 3 is 2.52 bits per heavy atom. The molecule has 0 unspecified atom stereocenters. The van der Waals surface area contributed by atoms with E-state index in [1.165, 1.54) is 36.5 Å². The molecular weight excluding hydrogens is 295 g/mol. The standard InChI is InChI=1S/C13H15FN4O2S/c1-2-18(12-6-4-3-5-11(12)14)21(19,20)10-7-8-13(17-15)16-9-10/h3-9H,2,15H2,1H3,(H,16,17). The van der Waals surface area contributed by atoms with Crippen LogP contribution in [0.1, 0.15) is 6.92 Å². The maximum absolute atomic E-state index is 13.8. The second-order valence-electron chi connectivity index (χ2n) is 4.14. The second kappa shape index (κ2) is 6.06. The lowest BCUT2D eigenvalue weighted by molar-refractivity contribution is 0.586. The van der Waals surface area contributed by atoms with Crippen LogP contribution < -0.4 is 15.6 Å². The van der Waals surface area contributed by atoms with Crippen LogP contribution >= 0.6 is 0 Å². The van der Waals surface area contributed by atoms with Gasteiger partial charge in [0.05, 0.1) is 5.69 Å². The monoisotopic (exact) mass is 310 g/mol. The quantitative estimate of drug-likeness (QED) is 0.648. The lowest BCUT2D eigenvalue weighted by Crippen LogP contribution is -2.31. The van der Waals surface area contributed by atoms with Gasteiger partial charge in [0, 0.05) is 12.7 Å². The fourth-order valence-electron chi connectivity index (χ4n) is 1.87. The van der Waals surface area contributed by atoms with E-state index in [1.54, 1.807) is 13.0 Å². The molecule has 6 nitrogen and oxygen atoms in total. The number of anilines is 2. The first kappa shape index (κ1) is 15.2. The molecule has 1 aromatic heterocycles. The lowest BCUT2D eigenvalue weighted by Gasteiger charge is -2.23. The Balaban J connectivity index is 2.47. The Morgan fingerprint density at radius 1 is 1.29 bits per heavy atom. The Labute approximate surface area is 122 Å². The van der Waals surface area contributed by atoms with Crippen molar-refractivity contribution >= 4 is 21.5 Å². The van der Waals surface area contributed by atoms with Crippen molar-refractivity contribution in [1.82, 2.24) is 4.98 Å². The van der Waals surface area contributed by atoms with Crippen LogP contribution in [-0.2, 0) is 10.0 Å². The molecule has 0 saturated heterocycles. The molecule has 0 radical (unpaired) electrons. The number of para-hydroxylation sites is 1. The normalized spacial score (nSPS) is 11.2. The van der Waals surface area contributed by atoms with Crippen LogP contribution in [0.15, 0.2) is 47.5 Å². The van der Waals surface area contributed by atoms with Crippen LogP contribution in [0.3, 0.4) is 0 Å². The number of sulfonamides is 1. The van der Waals surface area contributed by atoms with Crippen molar-refractivity contribution in [2.75, 3.05) is 16.3 Å². The van der Waals surface area contributed by atoms with Crippen molar-refractivity contribution in [3.05, 3.63) is 48.4 Å². The van der Waals surface area contributed by atoms with Gasteiger partial charge < -0.3 is 5.43 Å². The molecule has 2 aromatic rings. The zero-order chi connectivity index (χ0) is 15.5. The number of nitrogens with two attached hydrogens (primary N) is 1. The van der Waals surface area contributed by atoms with E-state index in [2.05, 4.69) is 10.4 Å². The van der Waals surface area contributed by atoms with Crippen LogP contribution in [0.2, 0.25) is 0 Å². The molecule has 112 valence electrons. The third-order valence-corrected chi connectivity index (χ3v) is 4.75. The highest BCUT2D eigenvalue weighted by atomic mass is 32.2. The van der Waals surface area contributed by atoms with Gasteiger partial charge in [0.25, 0.3) is 10.0 Å². The van der Waals surface area contributed by atoms with Crippen molar-refractivity contribution in [2.45, 2.75) is 11.8 Å². The Kier molecular flexibility index (Phi) is 4.39. The first-order chi connectivity index (χ1) is 10.0. The van der Waals surface area contributed by atoms with Gasteiger partial charge >= 0.3 is 0 Å². The number of nitrogens with zero attached hydrogens (tertiary/aromatic N) is 2. The van der Waals surface area contributed by atoms with Gasteiger partial charge in [-0.25, -0.2) is 23.6 Å². The third kappa shape index (κ3) is 2.96. The average molecular weight is 310 g/mol. The van der Waals surface area contributed by atoms with E-state index in [0.717, 1.165) is 4.31 Å². The molecule has 0 spiro atoms. The molecule has 0 aliphatic carbocycles. The number of nitrogens with one attached hydrogen (secondary N) is 1. The summed E-state index contributed by atoms with van der Waals surface area (Å²) in [5.74, 6) is 4.92. The van der Waals surface area contributed by atoms with Gasteiger partial charge in [0.1, 0.15) is 16.5 Å². The van der Waals surface area contributed by atoms with Crippen LogP contribution in [0.4, 0.5) is 15.9 Å². The molecule has 0 aliphatic heterocycles. The van der Waals surface area contributed by atoms with Gasteiger partial charge in [-0.2, -0.15) is 0 Å². The molecule has 3 N–H and O–H groups in total. The zero-order valence-corrected chi connectivity index (χ0v) is 12.1. The molecule has 0 amide bonds. The van der Waals surface area contributed by atoms with Crippen molar-refractivity contribution in [1.29, 1.82) is 0 Å². The summed E-state index contributed by atoms with van der Waals surface area (Å²) in [5.41, 5.74) is 2.31. The lowest BCUT2D eigenvalue weighted by atomic mass is 10.3. The first-order valence-electron chi connectivity index (χ1n) is 6.20. The van der Waals surface area contributed by atoms with Crippen molar-refractivity contribution in [2.24, 2.45) is 5.84 Å². The molecule has 0 aliphatic rings.